The fraction of sp³-hybridized carbons (Fsp3) is 0.500. The molecule has 1 heterocycles. The molecule has 1 nitrogen and oxygen atoms in total. The standard InChI is InChI=1S/C16H23N/c1-13(2)14(3)12-16-10-7-11-17(16)15-8-5-4-6-9-15/h4-6,8-9,16H,7,10-12H2,1-3H3. The van der Waals surface area contributed by atoms with Gasteiger partial charge in [-0.15, -0.1) is 0 Å². The van der Waals surface area contributed by atoms with E-state index in [4.69, 9.17) is 0 Å². The van der Waals surface area contributed by atoms with Crippen LogP contribution in [0, 0.1) is 0 Å². The number of nitrogens with zero attached hydrogens (tertiary/aromatic N) is 1. The molecule has 0 saturated carbocycles. The van der Waals surface area contributed by atoms with Crippen LogP contribution >= 0.6 is 0 Å². The Morgan fingerprint density at radius 3 is 2.53 bits per heavy atom. The lowest BCUT2D eigenvalue weighted by Crippen LogP contribution is -2.29. The van der Waals surface area contributed by atoms with Gasteiger partial charge in [0.1, 0.15) is 0 Å². The van der Waals surface area contributed by atoms with E-state index in [-0.39, 0.29) is 0 Å². The van der Waals surface area contributed by atoms with Crippen LogP contribution in [0.4, 0.5) is 5.69 Å². The van der Waals surface area contributed by atoms with Crippen molar-refractivity contribution < 1.29 is 0 Å². The lowest BCUT2D eigenvalue weighted by molar-refractivity contribution is 0.655. The molecule has 1 heteroatoms. The van der Waals surface area contributed by atoms with E-state index < -0.39 is 0 Å². The molecule has 0 aliphatic carbocycles. The van der Waals surface area contributed by atoms with Crippen molar-refractivity contribution in [2.45, 2.75) is 46.1 Å². The van der Waals surface area contributed by atoms with Crippen LogP contribution in [-0.4, -0.2) is 12.6 Å². The van der Waals surface area contributed by atoms with Crippen molar-refractivity contribution in [3.05, 3.63) is 41.5 Å². The summed E-state index contributed by atoms with van der Waals surface area (Å²) in [6.45, 7) is 7.93. The number of para-hydroxylation sites is 1. The van der Waals surface area contributed by atoms with Crippen LogP contribution < -0.4 is 4.90 Å². The van der Waals surface area contributed by atoms with Gasteiger partial charge in [0, 0.05) is 18.3 Å². The summed E-state index contributed by atoms with van der Waals surface area (Å²) in [5.74, 6) is 0. The summed E-state index contributed by atoms with van der Waals surface area (Å²) in [7, 11) is 0. The molecule has 1 aliphatic rings. The van der Waals surface area contributed by atoms with Crippen molar-refractivity contribution in [1.29, 1.82) is 0 Å². The Kier molecular flexibility index (Phi) is 3.88. The summed E-state index contributed by atoms with van der Waals surface area (Å²) in [6, 6.07) is 11.5. The molecule has 1 fully saturated rings. The van der Waals surface area contributed by atoms with Gasteiger partial charge in [-0.1, -0.05) is 29.3 Å². The zero-order valence-electron chi connectivity index (χ0n) is 11.2. The lowest BCUT2D eigenvalue weighted by atomic mass is 10.0. The van der Waals surface area contributed by atoms with Crippen LogP contribution in [0.5, 0.6) is 0 Å². The first-order valence-corrected chi connectivity index (χ1v) is 6.63. The van der Waals surface area contributed by atoms with Crippen molar-refractivity contribution in [1.82, 2.24) is 0 Å². The third-order valence-corrected chi connectivity index (χ3v) is 3.86. The Bertz CT molecular complexity index is 387. The van der Waals surface area contributed by atoms with Gasteiger partial charge in [-0.25, -0.2) is 0 Å². The van der Waals surface area contributed by atoms with Crippen molar-refractivity contribution in [3.8, 4) is 0 Å². The molecule has 1 unspecified atom stereocenters. The number of hydrogen-bond donors (Lipinski definition) is 0. The molecule has 17 heavy (non-hydrogen) atoms. The zero-order chi connectivity index (χ0) is 12.3. The van der Waals surface area contributed by atoms with Crippen molar-refractivity contribution in [2.75, 3.05) is 11.4 Å². The molecule has 0 N–H and O–H groups in total. The highest BCUT2D eigenvalue weighted by Gasteiger charge is 2.24. The normalized spacial score (nSPS) is 19.5. The van der Waals surface area contributed by atoms with Gasteiger partial charge in [0.2, 0.25) is 0 Å². The molecule has 1 aliphatic heterocycles. The summed E-state index contributed by atoms with van der Waals surface area (Å²) >= 11 is 0. The Balaban J connectivity index is 2.11. The Morgan fingerprint density at radius 2 is 1.88 bits per heavy atom. The predicted octanol–water partition coefficient (Wildman–Crippen LogP) is 4.40. The van der Waals surface area contributed by atoms with Crippen molar-refractivity contribution in [2.24, 2.45) is 0 Å². The van der Waals surface area contributed by atoms with E-state index in [0.29, 0.717) is 6.04 Å². The summed E-state index contributed by atoms with van der Waals surface area (Å²) in [6.07, 6.45) is 3.88. The van der Waals surface area contributed by atoms with Crippen LogP contribution in [0.25, 0.3) is 0 Å². The van der Waals surface area contributed by atoms with Crippen LogP contribution in [-0.2, 0) is 0 Å². The first-order valence-electron chi connectivity index (χ1n) is 6.63. The van der Waals surface area contributed by atoms with E-state index in [2.05, 4.69) is 56.0 Å². The minimum absolute atomic E-state index is 0.701. The second kappa shape index (κ2) is 5.39. The SMILES string of the molecule is CC(C)=C(C)CC1CCCN1c1ccccc1. The maximum atomic E-state index is 2.58. The highest BCUT2D eigenvalue weighted by Crippen LogP contribution is 2.29. The summed E-state index contributed by atoms with van der Waals surface area (Å²) in [5.41, 5.74) is 4.42. The quantitative estimate of drug-likeness (QED) is 0.694. The molecule has 0 spiro atoms. The number of allylic oxidation sites excluding steroid dienone is 1. The summed E-state index contributed by atoms with van der Waals surface area (Å²) in [4.78, 5) is 2.58. The number of benzene rings is 1. The summed E-state index contributed by atoms with van der Waals surface area (Å²) in [5, 5.41) is 0. The Labute approximate surface area is 105 Å². The first kappa shape index (κ1) is 12.2. The van der Waals surface area contributed by atoms with E-state index in [1.165, 1.54) is 37.1 Å². The topological polar surface area (TPSA) is 3.24 Å². The van der Waals surface area contributed by atoms with Crippen LogP contribution in [0.2, 0.25) is 0 Å². The highest BCUT2D eigenvalue weighted by atomic mass is 15.2. The van der Waals surface area contributed by atoms with E-state index >= 15 is 0 Å². The highest BCUT2D eigenvalue weighted by molar-refractivity contribution is 5.48. The molecule has 1 aromatic carbocycles. The fourth-order valence-corrected chi connectivity index (χ4v) is 2.56. The van der Waals surface area contributed by atoms with Gasteiger partial charge in [-0.3, -0.25) is 0 Å². The van der Waals surface area contributed by atoms with E-state index in [9.17, 15) is 0 Å². The molecule has 0 bridgehead atoms. The van der Waals surface area contributed by atoms with Gasteiger partial charge in [0.15, 0.2) is 0 Å². The molecule has 92 valence electrons. The third kappa shape index (κ3) is 2.91. The number of anilines is 1. The average Bonchev–Trinajstić information content (AvgIpc) is 2.78. The lowest BCUT2D eigenvalue weighted by Gasteiger charge is -2.27. The smallest absolute Gasteiger partial charge is 0.0368 e. The molecule has 1 atom stereocenters. The van der Waals surface area contributed by atoms with Crippen molar-refractivity contribution >= 4 is 5.69 Å². The Morgan fingerprint density at radius 1 is 1.18 bits per heavy atom. The molecular formula is C16H23N. The number of rotatable bonds is 3. The molecule has 1 aromatic rings. The monoisotopic (exact) mass is 229 g/mol. The first-order chi connectivity index (χ1) is 8.18. The van der Waals surface area contributed by atoms with Gasteiger partial charge in [0.05, 0.1) is 0 Å². The molecule has 1 saturated heterocycles. The third-order valence-electron chi connectivity index (χ3n) is 3.86. The second-order valence-corrected chi connectivity index (χ2v) is 5.31. The van der Waals surface area contributed by atoms with Crippen LogP contribution in [0.3, 0.4) is 0 Å². The average molecular weight is 229 g/mol. The van der Waals surface area contributed by atoms with Crippen molar-refractivity contribution in [3.63, 3.8) is 0 Å². The van der Waals surface area contributed by atoms with E-state index in [1.54, 1.807) is 5.57 Å². The van der Waals surface area contributed by atoms with E-state index in [0.717, 1.165) is 0 Å². The van der Waals surface area contributed by atoms with Gasteiger partial charge in [0.25, 0.3) is 0 Å². The van der Waals surface area contributed by atoms with Gasteiger partial charge in [-0.05, 0) is 52.2 Å². The minimum Gasteiger partial charge on any atom is -0.368 e. The summed E-state index contributed by atoms with van der Waals surface area (Å²) < 4.78 is 0. The second-order valence-electron chi connectivity index (χ2n) is 5.31. The zero-order valence-corrected chi connectivity index (χ0v) is 11.2. The fourth-order valence-electron chi connectivity index (χ4n) is 2.56. The Hall–Kier alpha value is -1.24. The maximum absolute atomic E-state index is 2.58. The maximum Gasteiger partial charge on any atom is 0.0368 e. The van der Waals surface area contributed by atoms with Gasteiger partial charge >= 0.3 is 0 Å². The predicted molar refractivity (Wildman–Crippen MR) is 75.5 cm³/mol. The van der Waals surface area contributed by atoms with Crippen LogP contribution in [0.1, 0.15) is 40.0 Å². The molecular weight excluding hydrogens is 206 g/mol. The van der Waals surface area contributed by atoms with Crippen LogP contribution in [0.15, 0.2) is 41.5 Å². The molecule has 0 amide bonds. The van der Waals surface area contributed by atoms with E-state index in [1.807, 2.05) is 0 Å². The largest absolute Gasteiger partial charge is 0.368 e. The van der Waals surface area contributed by atoms with Gasteiger partial charge < -0.3 is 4.90 Å². The molecule has 0 radical (unpaired) electrons. The number of hydrogen-bond acceptors (Lipinski definition) is 1. The minimum atomic E-state index is 0.701. The van der Waals surface area contributed by atoms with Gasteiger partial charge in [-0.2, -0.15) is 0 Å². The molecule has 2 rings (SSSR count). The molecule has 0 aromatic heterocycles.